The average molecular weight is 300 g/mol. The predicted molar refractivity (Wildman–Crippen MR) is 73.7 cm³/mol. The highest BCUT2D eigenvalue weighted by Gasteiger charge is 2.07. The molecule has 0 aliphatic rings. The van der Waals surface area contributed by atoms with Crippen molar-refractivity contribution in [3.8, 4) is 0 Å². The largest absolute Gasteiger partial charge is 0.360 e. The van der Waals surface area contributed by atoms with Gasteiger partial charge in [-0.25, -0.2) is 9.89 Å². The Morgan fingerprint density at radius 3 is 2.95 bits per heavy atom. The number of hydrogen-bond donors (Lipinski definition) is 3. The van der Waals surface area contributed by atoms with Gasteiger partial charge in [0.2, 0.25) is 5.13 Å². The molecule has 0 saturated carbocycles. The van der Waals surface area contributed by atoms with E-state index in [-0.39, 0.29) is 5.69 Å². The van der Waals surface area contributed by atoms with E-state index in [1.54, 1.807) is 0 Å². The van der Waals surface area contributed by atoms with E-state index in [2.05, 4.69) is 37.6 Å². The molecule has 2 heterocycles. The molecule has 0 atom stereocenters. The highest BCUT2D eigenvalue weighted by atomic mass is 32.2. The smallest absolute Gasteiger partial charge is 0.342 e. The van der Waals surface area contributed by atoms with E-state index >= 15 is 0 Å². The summed E-state index contributed by atoms with van der Waals surface area (Å²) in [5.41, 5.74) is -0.839. The molecule has 2 aromatic heterocycles. The first-order valence-corrected chi connectivity index (χ1v) is 7.37. The van der Waals surface area contributed by atoms with E-state index in [4.69, 9.17) is 0 Å². The molecule has 0 saturated heterocycles. The van der Waals surface area contributed by atoms with Crippen LogP contribution >= 0.6 is 23.1 Å². The second kappa shape index (κ2) is 6.48. The normalized spacial score (nSPS) is 10.6. The van der Waals surface area contributed by atoms with Crippen LogP contribution in [0.3, 0.4) is 0 Å². The number of aromatic nitrogens is 5. The quantitative estimate of drug-likeness (QED) is 0.662. The van der Waals surface area contributed by atoms with Gasteiger partial charge >= 0.3 is 5.69 Å². The number of thioether (sulfide) groups is 1. The van der Waals surface area contributed by atoms with Gasteiger partial charge in [0.05, 0.1) is 5.75 Å². The highest BCUT2D eigenvalue weighted by molar-refractivity contribution is 8.00. The van der Waals surface area contributed by atoms with Crippen molar-refractivity contribution in [3.05, 3.63) is 26.5 Å². The number of H-pyrrole nitrogens is 2. The van der Waals surface area contributed by atoms with Crippen LogP contribution in [-0.4, -0.2) is 31.9 Å². The minimum atomic E-state index is -0.610. The van der Waals surface area contributed by atoms with Gasteiger partial charge in [-0.2, -0.15) is 5.10 Å². The van der Waals surface area contributed by atoms with E-state index in [0.717, 1.165) is 22.4 Å². The third kappa shape index (κ3) is 3.89. The second-order valence-corrected chi connectivity index (χ2v) is 5.74. The molecular weight excluding hydrogens is 288 g/mol. The molecule has 0 amide bonds. The van der Waals surface area contributed by atoms with Gasteiger partial charge < -0.3 is 5.32 Å². The maximum Gasteiger partial charge on any atom is 0.342 e. The maximum atomic E-state index is 11.4. The van der Waals surface area contributed by atoms with Gasteiger partial charge in [0.1, 0.15) is 5.69 Å². The number of nitrogens with one attached hydrogen (secondary N) is 3. The van der Waals surface area contributed by atoms with Crippen LogP contribution in [0.4, 0.5) is 5.13 Å². The Kier molecular flexibility index (Phi) is 4.68. The molecule has 0 bridgehead atoms. The van der Waals surface area contributed by atoms with Crippen molar-refractivity contribution >= 4 is 28.2 Å². The van der Waals surface area contributed by atoms with Gasteiger partial charge in [0, 0.05) is 6.54 Å². The fourth-order valence-electron chi connectivity index (χ4n) is 1.17. The minimum absolute atomic E-state index is 0.253. The van der Waals surface area contributed by atoms with Gasteiger partial charge in [0.25, 0.3) is 5.56 Å². The Bertz CT molecular complexity index is 648. The van der Waals surface area contributed by atoms with Gasteiger partial charge in [-0.15, -0.1) is 10.2 Å². The van der Waals surface area contributed by atoms with E-state index < -0.39 is 11.2 Å². The van der Waals surface area contributed by atoms with Crippen LogP contribution in [0.5, 0.6) is 0 Å². The fourth-order valence-corrected chi connectivity index (χ4v) is 2.88. The lowest BCUT2D eigenvalue weighted by Crippen LogP contribution is -2.26. The molecule has 0 aliphatic heterocycles. The van der Waals surface area contributed by atoms with E-state index in [1.165, 1.54) is 23.1 Å². The van der Waals surface area contributed by atoms with E-state index in [0.29, 0.717) is 5.75 Å². The van der Waals surface area contributed by atoms with E-state index in [9.17, 15) is 9.59 Å². The molecule has 0 aliphatic carbocycles. The van der Waals surface area contributed by atoms with E-state index in [1.807, 2.05) is 0 Å². The third-order valence-corrected chi connectivity index (χ3v) is 4.07. The SMILES string of the molecule is CCCNc1nnc(SCc2n[nH]c(=O)[nH]c2=O)s1. The van der Waals surface area contributed by atoms with Crippen LogP contribution < -0.4 is 16.6 Å². The van der Waals surface area contributed by atoms with Crippen molar-refractivity contribution in [3.63, 3.8) is 0 Å². The standard InChI is InChI=1S/C9H12N6O2S2/c1-2-3-10-8-14-15-9(19-8)18-4-5-6(16)11-7(17)13-12-5/h2-4H2,1H3,(H,10,14)(H2,11,13,16,17). The Balaban J connectivity index is 1.96. The number of rotatable bonds is 6. The lowest BCUT2D eigenvalue weighted by atomic mass is 10.5. The summed E-state index contributed by atoms with van der Waals surface area (Å²) < 4.78 is 0.742. The fraction of sp³-hybridized carbons (Fsp3) is 0.444. The zero-order valence-corrected chi connectivity index (χ0v) is 11.7. The number of nitrogens with zero attached hydrogens (tertiary/aromatic N) is 3. The van der Waals surface area contributed by atoms with Crippen LogP contribution in [0.25, 0.3) is 0 Å². The van der Waals surface area contributed by atoms with Gasteiger partial charge in [-0.1, -0.05) is 30.0 Å². The summed E-state index contributed by atoms with van der Waals surface area (Å²) in [5, 5.41) is 17.7. The second-order valence-electron chi connectivity index (χ2n) is 3.54. The van der Waals surface area contributed by atoms with Crippen molar-refractivity contribution in [1.82, 2.24) is 25.4 Å². The van der Waals surface area contributed by atoms with Crippen LogP contribution in [0.1, 0.15) is 19.0 Å². The van der Waals surface area contributed by atoms with Crippen molar-refractivity contribution in [2.45, 2.75) is 23.4 Å². The first-order valence-electron chi connectivity index (χ1n) is 5.57. The monoisotopic (exact) mass is 300 g/mol. The zero-order chi connectivity index (χ0) is 13.7. The van der Waals surface area contributed by atoms with Gasteiger partial charge in [-0.3, -0.25) is 9.78 Å². The highest BCUT2D eigenvalue weighted by Crippen LogP contribution is 2.26. The summed E-state index contributed by atoms with van der Waals surface area (Å²) in [6.45, 7) is 2.91. The lowest BCUT2D eigenvalue weighted by Gasteiger charge is -1.96. The molecule has 102 valence electrons. The summed E-state index contributed by atoms with van der Waals surface area (Å²) in [5.74, 6) is 0.328. The number of hydrogen-bond acceptors (Lipinski definition) is 8. The summed E-state index contributed by atoms with van der Waals surface area (Å²) >= 11 is 2.77. The van der Waals surface area contributed by atoms with Crippen LogP contribution in [0.2, 0.25) is 0 Å². The summed E-state index contributed by atoms with van der Waals surface area (Å²) in [6.07, 6.45) is 1.01. The molecule has 0 aromatic carbocycles. The van der Waals surface area contributed by atoms with Crippen LogP contribution in [0.15, 0.2) is 13.9 Å². The molecule has 0 fully saturated rings. The van der Waals surface area contributed by atoms with Crippen molar-refractivity contribution in [2.24, 2.45) is 0 Å². The predicted octanol–water partition coefficient (Wildman–Crippen LogP) is 0.424. The topological polar surface area (TPSA) is 116 Å². The van der Waals surface area contributed by atoms with Crippen molar-refractivity contribution < 1.29 is 0 Å². The molecule has 19 heavy (non-hydrogen) atoms. The molecule has 0 unspecified atom stereocenters. The molecule has 0 radical (unpaired) electrons. The van der Waals surface area contributed by atoms with Gasteiger partial charge in [-0.05, 0) is 6.42 Å². The lowest BCUT2D eigenvalue weighted by molar-refractivity contribution is 0.847. The molecule has 0 spiro atoms. The summed E-state index contributed by atoms with van der Waals surface area (Å²) in [6, 6.07) is 0. The average Bonchev–Trinajstić information content (AvgIpc) is 2.83. The Morgan fingerprint density at radius 2 is 2.21 bits per heavy atom. The summed E-state index contributed by atoms with van der Waals surface area (Å²) in [7, 11) is 0. The van der Waals surface area contributed by atoms with Crippen molar-refractivity contribution in [1.29, 1.82) is 0 Å². The zero-order valence-electron chi connectivity index (χ0n) is 10.1. The molecule has 3 N–H and O–H groups in total. The Labute approximate surface area is 116 Å². The van der Waals surface area contributed by atoms with Gasteiger partial charge in [0.15, 0.2) is 4.34 Å². The molecular formula is C9H12N6O2S2. The molecule has 2 aromatic rings. The van der Waals surface area contributed by atoms with Crippen molar-refractivity contribution in [2.75, 3.05) is 11.9 Å². The number of aromatic amines is 2. The molecule has 10 heteroatoms. The third-order valence-electron chi connectivity index (χ3n) is 2.05. The molecule has 2 rings (SSSR count). The Hall–Kier alpha value is -1.68. The van der Waals surface area contributed by atoms with Crippen LogP contribution in [0, 0.1) is 0 Å². The summed E-state index contributed by atoms with van der Waals surface area (Å²) in [4.78, 5) is 24.3. The first kappa shape index (κ1) is 13.7. The van der Waals surface area contributed by atoms with Crippen LogP contribution in [-0.2, 0) is 5.75 Å². The maximum absolute atomic E-state index is 11.4. The minimum Gasteiger partial charge on any atom is -0.360 e. The number of anilines is 1. The Morgan fingerprint density at radius 1 is 1.37 bits per heavy atom. The molecule has 8 nitrogen and oxygen atoms in total. The first-order chi connectivity index (χ1) is 9.19.